The first-order valence-corrected chi connectivity index (χ1v) is 4.87. The van der Waals surface area contributed by atoms with Gasteiger partial charge in [0.2, 0.25) is 0 Å². The lowest BCUT2D eigenvalue weighted by atomic mass is 10.3. The maximum atomic E-state index is 11.6. The fourth-order valence-corrected chi connectivity index (χ4v) is 1.20. The molecular weight excluding hydrogens is 246 g/mol. The van der Waals surface area contributed by atoms with Crippen LogP contribution in [-0.2, 0) is 0 Å². The summed E-state index contributed by atoms with van der Waals surface area (Å²) in [4.78, 5) is 30.0. The van der Waals surface area contributed by atoms with Crippen molar-refractivity contribution in [1.82, 2.24) is 20.2 Å². The van der Waals surface area contributed by atoms with Crippen LogP contribution < -0.4 is 10.9 Å². The molecule has 0 saturated carbocycles. The molecule has 0 unspecified atom stereocenters. The molecule has 2 rings (SSSR count). The predicted octanol–water partition coefficient (Wildman–Crippen LogP) is 0.466. The van der Waals surface area contributed by atoms with E-state index in [4.69, 9.17) is 11.6 Å². The number of hydrogen-bond acceptors (Lipinski definition) is 5. The van der Waals surface area contributed by atoms with E-state index in [1.807, 2.05) is 0 Å². The number of aromatic amines is 1. The molecule has 2 N–H and O–H groups in total. The average molecular weight is 252 g/mol. The number of halogens is 1. The summed E-state index contributed by atoms with van der Waals surface area (Å²) in [7, 11) is 0. The van der Waals surface area contributed by atoms with Gasteiger partial charge in [0, 0.05) is 6.07 Å². The van der Waals surface area contributed by atoms with Crippen molar-refractivity contribution in [2.75, 3.05) is 5.32 Å². The summed E-state index contributed by atoms with van der Waals surface area (Å²) < 4.78 is 0. The molecule has 0 aliphatic carbocycles. The number of nitrogens with one attached hydrogen (secondary N) is 2. The zero-order valence-corrected chi connectivity index (χ0v) is 9.10. The minimum Gasteiger partial charge on any atom is -0.304 e. The second kappa shape index (κ2) is 4.71. The summed E-state index contributed by atoms with van der Waals surface area (Å²) >= 11 is 5.61. The van der Waals surface area contributed by atoms with E-state index in [2.05, 4.69) is 25.5 Å². The molecule has 0 aromatic carbocycles. The molecule has 0 fully saturated rings. The molecule has 0 saturated heterocycles. The molecule has 1 amide bonds. The quantitative estimate of drug-likeness (QED) is 0.808. The topological polar surface area (TPSA) is 101 Å². The van der Waals surface area contributed by atoms with Crippen molar-refractivity contribution in [2.24, 2.45) is 0 Å². The number of H-pyrrole nitrogens is 1. The summed E-state index contributed by atoms with van der Waals surface area (Å²) in [5.74, 6) is -0.312. The maximum Gasteiger partial charge on any atom is 0.277 e. The van der Waals surface area contributed by atoms with Gasteiger partial charge in [-0.15, -0.1) is 0 Å². The highest BCUT2D eigenvalue weighted by Gasteiger charge is 2.08. The summed E-state index contributed by atoms with van der Waals surface area (Å²) in [6.07, 6.45) is 2.69. The Hall–Kier alpha value is -2.28. The zero-order chi connectivity index (χ0) is 12.3. The average Bonchev–Trinajstić information content (AvgIpc) is 2.29. The van der Waals surface area contributed by atoms with E-state index in [9.17, 15) is 9.59 Å². The van der Waals surface area contributed by atoms with E-state index in [0.29, 0.717) is 0 Å². The highest BCUT2D eigenvalue weighted by molar-refractivity contribution is 6.29. The number of carbonyl (C=O) groups is 1. The molecule has 0 atom stereocenters. The molecule has 86 valence electrons. The standard InChI is InChI=1S/C9H6ClN5O2/c10-6-3-11-4-7(12-6)13-9(17)5-1-2-8(16)15-14-5/h1-4H,(H,15,16)(H,12,13,17). The highest BCUT2D eigenvalue weighted by atomic mass is 35.5. The van der Waals surface area contributed by atoms with Gasteiger partial charge in [-0.05, 0) is 6.07 Å². The van der Waals surface area contributed by atoms with Crippen LogP contribution >= 0.6 is 11.6 Å². The molecular formula is C9H6ClN5O2. The Kier molecular flexibility index (Phi) is 3.10. The van der Waals surface area contributed by atoms with Crippen LogP contribution in [-0.4, -0.2) is 26.1 Å². The zero-order valence-electron chi connectivity index (χ0n) is 8.35. The lowest BCUT2D eigenvalue weighted by Gasteiger charge is -2.02. The van der Waals surface area contributed by atoms with Gasteiger partial charge >= 0.3 is 0 Å². The Bertz CT molecular complexity index is 592. The van der Waals surface area contributed by atoms with Crippen molar-refractivity contribution < 1.29 is 4.79 Å². The van der Waals surface area contributed by atoms with Gasteiger partial charge in [-0.2, -0.15) is 5.10 Å². The number of carbonyl (C=O) groups excluding carboxylic acids is 1. The van der Waals surface area contributed by atoms with Crippen LogP contribution in [0, 0.1) is 0 Å². The fourth-order valence-electron chi connectivity index (χ4n) is 1.05. The van der Waals surface area contributed by atoms with E-state index in [-0.39, 0.29) is 22.2 Å². The molecule has 2 aromatic heterocycles. The first-order chi connectivity index (χ1) is 8.15. The van der Waals surface area contributed by atoms with Gasteiger partial charge in [0.1, 0.15) is 10.8 Å². The highest BCUT2D eigenvalue weighted by Crippen LogP contribution is 2.07. The molecule has 7 nitrogen and oxygen atoms in total. The normalized spacial score (nSPS) is 9.94. The Morgan fingerprint density at radius 2 is 2.18 bits per heavy atom. The van der Waals surface area contributed by atoms with Crippen molar-refractivity contribution in [3.8, 4) is 0 Å². The summed E-state index contributed by atoms with van der Waals surface area (Å²) in [5.41, 5.74) is -0.324. The van der Waals surface area contributed by atoms with Gasteiger partial charge in [0.25, 0.3) is 11.5 Å². The van der Waals surface area contributed by atoms with Gasteiger partial charge in [-0.3, -0.25) is 14.6 Å². The summed E-state index contributed by atoms with van der Waals surface area (Å²) in [6, 6.07) is 2.50. The number of hydrogen-bond donors (Lipinski definition) is 2. The molecule has 0 radical (unpaired) electrons. The Labute approximate surface area is 99.9 Å². The smallest absolute Gasteiger partial charge is 0.277 e. The van der Waals surface area contributed by atoms with E-state index in [0.717, 1.165) is 0 Å². The number of rotatable bonds is 2. The third-order valence-corrected chi connectivity index (χ3v) is 1.94. The van der Waals surface area contributed by atoms with Crippen molar-refractivity contribution in [3.63, 3.8) is 0 Å². The van der Waals surface area contributed by atoms with Gasteiger partial charge in [-0.1, -0.05) is 11.6 Å². The molecule has 17 heavy (non-hydrogen) atoms. The van der Waals surface area contributed by atoms with E-state index < -0.39 is 5.91 Å². The minimum atomic E-state index is -0.516. The van der Waals surface area contributed by atoms with Crippen molar-refractivity contribution >= 4 is 23.3 Å². The van der Waals surface area contributed by atoms with Crippen molar-refractivity contribution in [1.29, 1.82) is 0 Å². The Morgan fingerprint density at radius 3 is 2.82 bits per heavy atom. The van der Waals surface area contributed by atoms with E-state index >= 15 is 0 Å². The number of aromatic nitrogens is 4. The largest absolute Gasteiger partial charge is 0.304 e. The number of amides is 1. The lowest BCUT2D eigenvalue weighted by molar-refractivity contribution is 0.102. The Morgan fingerprint density at radius 1 is 1.35 bits per heavy atom. The SMILES string of the molecule is O=C(Nc1cncc(Cl)n1)c1ccc(=O)[nH]n1. The molecule has 2 heterocycles. The van der Waals surface area contributed by atoms with E-state index in [1.54, 1.807) is 0 Å². The molecule has 0 aliphatic rings. The van der Waals surface area contributed by atoms with E-state index in [1.165, 1.54) is 24.5 Å². The summed E-state index contributed by atoms with van der Waals surface area (Å²) in [5, 5.41) is 8.32. The number of anilines is 1. The third kappa shape index (κ3) is 2.85. The predicted molar refractivity (Wildman–Crippen MR) is 59.9 cm³/mol. The second-order valence-electron chi connectivity index (χ2n) is 2.99. The minimum absolute atomic E-state index is 0.0615. The van der Waals surface area contributed by atoms with Gasteiger partial charge in [-0.25, -0.2) is 10.1 Å². The van der Waals surface area contributed by atoms with Crippen molar-refractivity contribution in [3.05, 3.63) is 45.7 Å². The van der Waals surface area contributed by atoms with Crippen LogP contribution in [0.15, 0.2) is 29.3 Å². The van der Waals surface area contributed by atoms with Gasteiger partial charge in [0.05, 0.1) is 12.4 Å². The molecule has 2 aromatic rings. The molecule has 0 bridgehead atoms. The first kappa shape index (κ1) is 11.2. The van der Waals surface area contributed by atoms with Crippen LogP contribution in [0.3, 0.4) is 0 Å². The fraction of sp³-hybridized carbons (Fsp3) is 0. The lowest BCUT2D eigenvalue weighted by Crippen LogP contribution is -2.18. The van der Waals surface area contributed by atoms with Gasteiger partial charge < -0.3 is 5.32 Å². The first-order valence-electron chi connectivity index (χ1n) is 4.50. The summed E-state index contributed by atoms with van der Waals surface area (Å²) in [6.45, 7) is 0. The van der Waals surface area contributed by atoms with Crippen LogP contribution in [0.4, 0.5) is 5.82 Å². The molecule has 8 heteroatoms. The Balaban J connectivity index is 2.17. The van der Waals surface area contributed by atoms with Crippen LogP contribution in [0.25, 0.3) is 0 Å². The second-order valence-corrected chi connectivity index (χ2v) is 3.37. The van der Waals surface area contributed by atoms with Crippen LogP contribution in [0.5, 0.6) is 0 Å². The molecule has 0 spiro atoms. The molecule has 0 aliphatic heterocycles. The maximum absolute atomic E-state index is 11.6. The number of nitrogens with zero attached hydrogens (tertiary/aromatic N) is 3. The van der Waals surface area contributed by atoms with Crippen LogP contribution in [0.2, 0.25) is 5.15 Å². The third-order valence-electron chi connectivity index (χ3n) is 1.76. The van der Waals surface area contributed by atoms with Crippen LogP contribution in [0.1, 0.15) is 10.5 Å². The monoisotopic (exact) mass is 251 g/mol. The van der Waals surface area contributed by atoms with Crippen molar-refractivity contribution in [2.45, 2.75) is 0 Å². The van der Waals surface area contributed by atoms with Gasteiger partial charge in [0.15, 0.2) is 5.82 Å².